The molecule has 8 nitrogen and oxygen atoms in total. The monoisotopic (exact) mass is 714 g/mol. The molecule has 0 fully saturated rings. The van der Waals surface area contributed by atoms with Crippen LogP contribution in [-0.4, -0.2) is 75.5 Å². The average Bonchev–Trinajstić information content (AvgIpc) is 3.08. The second-order valence-electron chi connectivity index (χ2n) is 13.8. The van der Waals surface area contributed by atoms with Crippen LogP contribution in [0.2, 0.25) is 0 Å². The summed E-state index contributed by atoms with van der Waals surface area (Å²) >= 11 is 0. The fourth-order valence-electron chi connectivity index (χ4n) is 5.18. The zero-order valence-electron chi connectivity index (χ0n) is 32.7. The van der Waals surface area contributed by atoms with Crippen molar-refractivity contribution in [2.24, 2.45) is 0 Å². The van der Waals surface area contributed by atoms with Crippen LogP contribution in [0, 0.1) is 0 Å². The quantitative estimate of drug-likeness (QED) is 0.0221. The van der Waals surface area contributed by atoms with Gasteiger partial charge >= 0.3 is 11.9 Å². The number of allylic oxidation sites excluding steroid dienone is 12. The van der Waals surface area contributed by atoms with Crippen molar-refractivity contribution < 1.29 is 38.2 Å². The molecule has 0 saturated carbocycles. The Hall–Kier alpha value is -3.23. The molecule has 0 spiro atoms. The fourth-order valence-corrected chi connectivity index (χ4v) is 5.18. The Bertz CT molecular complexity index is 1060. The van der Waals surface area contributed by atoms with Crippen molar-refractivity contribution in [2.75, 3.05) is 41.0 Å². The van der Waals surface area contributed by atoms with Crippen LogP contribution in [0.15, 0.2) is 72.9 Å². The number of unbranched alkanes of at least 4 members (excludes halogenated alkanes) is 10. The van der Waals surface area contributed by atoms with E-state index in [0.717, 1.165) is 77.0 Å². The molecule has 0 aliphatic carbocycles. The Kier molecular flexibility index (Phi) is 31.7. The van der Waals surface area contributed by atoms with Gasteiger partial charge in [-0.1, -0.05) is 125 Å². The zero-order valence-corrected chi connectivity index (χ0v) is 32.7. The Morgan fingerprint density at radius 1 is 0.608 bits per heavy atom. The molecule has 0 aliphatic heterocycles. The molecular formula is C43H71NO7. The van der Waals surface area contributed by atoms with Crippen LogP contribution >= 0.6 is 0 Å². The number of aliphatic carboxylic acids is 1. The minimum absolute atomic E-state index is 0.0204. The molecule has 0 saturated heterocycles. The summed E-state index contributed by atoms with van der Waals surface area (Å²) in [6.07, 6.45) is 40.7. The third kappa shape index (κ3) is 32.4. The number of ether oxygens (including phenoxy) is 3. The van der Waals surface area contributed by atoms with Gasteiger partial charge in [-0.2, -0.15) is 0 Å². The van der Waals surface area contributed by atoms with E-state index in [1.807, 2.05) is 36.5 Å². The average molecular weight is 714 g/mol. The summed E-state index contributed by atoms with van der Waals surface area (Å²) in [6, 6.07) is -0.735. The van der Waals surface area contributed by atoms with Gasteiger partial charge in [-0.3, -0.25) is 9.59 Å². The highest BCUT2D eigenvalue weighted by Crippen LogP contribution is 2.13. The second-order valence-corrected chi connectivity index (χ2v) is 13.8. The maximum Gasteiger partial charge on any atom is 0.306 e. The summed E-state index contributed by atoms with van der Waals surface area (Å²) in [4.78, 5) is 36.7. The van der Waals surface area contributed by atoms with E-state index in [-0.39, 0.29) is 42.7 Å². The number of carbonyl (C=O) groups excluding carboxylic acids is 3. The number of carboxylic acid groups (broad SMARTS) is 1. The van der Waals surface area contributed by atoms with Gasteiger partial charge in [-0.15, -0.1) is 0 Å². The summed E-state index contributed by atoms with van der Waals surface area (Å²) in [6.45, 7) is 4.33. The van der Waals surface area contributed by atoms with Crippen molar-refractivity contribution in [2.45, 2.75) is 142 Å². The van der Waals surface area contributed by atoms with Crippen LogP contribution < -0.4 is 5.11 Å². The maximum atomic E-state index is 12.7. The number of rotatable bonds is 33. The number of carbonyl (C=O) groups is 3. The molecule has 0 radical (unpaired) electrons. The first-order chi connectivity index (χ1) is 24.6. The summed E-state index contributed by atoms with van der Waals surface area (Å²) in [5.74, 6) is -1.81. The van der Waals surface area contributed by atoms with E-state index in [0.29, 0.717) is 12.8 Å². The van der Waals surface area contributed by atoms with E-state index in [4.69, 9.17) is 14.2 Å². The minimum atomic E-state index is -1.14. The summed E-state index contributed by atoms with van der Waals surface area (Å²) in [5.41, 5.74) is 0. The zero-order chi connectivity index (χ0) is 37.8. The predicted molar refractivity (Wildman–Crippen MR) is 208 cm³/mol. The lowest BCUT2D eigenvalue weighted by atomic mass is 10.1. The van der Waals surface area contributed by atoms with Gasteiger partial charge in [0.05, 0.1) is 40.3 Å². The van der Waals surface area contributed by atoms with Gasteiger partial charge in [0.1, 0.15) is 12.6 Å². The summed E-state index contributed by atoms with van der Waals surface area (Å²) in [5, 5.41) is 11.6. The van der Waals surface area contributed by atoms with Crippen molar-refractivity contribution in [1.29, 1.82) is 0 Å². The fraction of sp³-hybridized carbons (Fsp3) is 0.651. The van der Waals surface area contributed by atoms with Gasteiger partial charge in [0.2, 0.25) is 0 Å². The normalized spacial score (nSPS) is 13.8. The number of hydrogen-bond acceptors (Lipinski definition) is 7. The van der Waals surface area contributed by atoms with Crippen LogP contribution in [0.3, 0.4) is 0 Å². The molecule has 0 N–H and O–H groups in total. The van der Waals surface area contributed by atoms with E-state index < -0.39 is 18.1 Å². The minimum Gasteiger partial charge on any atom is -0.544 e. The molecule has 0 heterocycles. The molecule has 51 heavy (non-hydrogen) atoms. The standard InChI is InChI=1S/C43H71NO7/c1-6-8-10-12-14-16-18-20-22-24-26-28-30-32-34-42(46)51-39(37-49-36-35-40(43(47)48)44(3,4)5)38-50-41(45)33-31-29-27-25-23-21-19-17-15-13-11-9-7-2/h8-11,13-17,19,21,23,39-40H,6-7,12,18,20,22,24-38H2,1-5H3/b10-8+,11-9+,15-13+,16-14+,19-17+,23-21+. The molecule has 0 bridgehead atoms. The molecule has 0 amide bonds. The van der Waals surface area contributed by atoms with Crippen LogP contribution in [0.4, 0.5) is 0 Å². The highest BCUT2D eigenvalue weighted by Gasteiger charge is 2.25. The third-order valence-corrected chi connectivity index (χ3v) is 8.18. The Morgan fingerprint density at radius 3 is 1.76 bits per heavy atom. The molecule has 2 atom stereocenters. The lowest BCUT2D eigenvalue weighted by Crippen LogP contribution is -2.55. The highest BCUT2D eigenvalue weighted by atomic mass is 16.6. The first-order valence-electron chi connectivity index (χ1n) is 19.5. The van der Waals surface area contributed by atoms with Crippen molar-refractivity contribution >= 4 is 17.9 Å². The molecule has 0 aliphatic rings. The number of likely N-dealkylation sites (N-methyl/N-ethyl adjacent to an activating group) is 1. The van der Waals surface area contributed by atoms with Gasteiger partial charge in [-0.05, 0) is 57.8 Å². The van der Waals surface area contributed by atoms with Crippen LogP contribution in [0.1, 0.15) is 129 Å². The number of hydrogen-bond donors (Lipinski definition) is 0. The summed E-state index contributed by atoms with van der Waals surface area (Å²) < 4.78 is 17.0. The third-order valence-electron chi connectivity index (χ3n) is 8.18. The smallest absolute Gasteiger partial charge is 0.306 e. The van der Waals surface area contributed by atoms with Crippen molar-refractivity contribution in [3.8, 4) is 0 Å². The highest BCUT2D eigenvalue weighted by molar-refractivity contribution is 5.70. The summed E-state index contributed by atoms with van der Waals surface area (Å²) in [7, 11) is 5.37. The number of nitrogens with zero attached hydrogens (tertiary/aromatic N) is 1. The number of quaternary nitrogens is 1. The first kappa shape index (κ1) is 47.8. The van der Waals surface area contributed by atoms with E-state index in [9.17, 15) is 19.5 Å². The van der Waals surface area contributed by atoms with Gasteiger partial charge in [0.15, 0.2) is 6.10 Å². The number of carboxylic acids is 1. The lowest BCUT2D eigenvalue weighted by Gasteiger charge is -2.34. The Balaban J connectivity index is 4.50. The topological polar surface area (TPSA) is 102 Å². The largest absolute Gasteiger partial charge is 0.544 e. The Labute approximate surface area is 311 Å². The Morgan fingerprint density at radius 2 is 1.14 bits per heavy atom. The molecule has 0 aromatic heterocycles. The maximum absolute atomic E-state index is 12.7. The van der Waals surface area contributed by atoms with Crippen molar-refractivity contribution in [3.63, 3.8) is 0 Å². The predicted octanol–water partition coefficient (Wildman–Crippen LogP) is 8.68. The lowest BCUT2D eigenvalue weighted by molar-refractivity contribution is -0.889. The molecule has 2 unspecified atom stereocenters. The van der Waals surface area contributed by atoms with Gasteiger partial charge in [0, 0.05) is 19.3 Å². The van der Waals surface area contributed by atoms with E-state index >= 15 is 0 Å². The second kappa shape index (κ2) is 33.9. The van der Waals surface area contributed by atoms with E-state index in [1.54, 1.807) is 21.1 Å². The number of esters is 2. The molecule has 290 valence electrons. The molecule has 8 heteroatoms. The van der Waals surface area contributed by atoms with Gasteiger partial charge in [0.25, 0.3) is 0 Å². The van der Waals surface area contributed by atoms with Gasteiger partial charge in [-0.25, -0.2) is 0 Å². The SMILES string of the molecule is CC/C=C/C=C/C=C/C=C/CCCCCC(=O)OCC(COCCC(C(=O)[O-])[N+](C)(C)C)OC(=O)CCCCCCCCC/C=C/C/C=C/CC. The van der Waals surface area contributed by atoms with E-state index in [1.165, 1.54) is 19.3 Å². The van der Waals surface area contributed by atoms with Crippen molar-refractivity contribution in [3.05, 3.63) is 72.9 Å². The van der Waals surface area contributed by atoms with Crippen LogP contribution in [0.25, 0.3) is 0 Å². The van der Waals surface area contributed by atoms with Crippen LogP contribution in [-0.2, 0) is 28.6 Å². The van der Waals surface area contributed by atoms with Gasteiger partial charge < -0.3 is 28.6 Å². The van der Waals surface area contributed by atoms with Crippen molar-refractivity contribution in [1.82, 2.24) is 0 Å². The molecule has 0 rings (SSSR count). The molecule has 0 aromatic carbocycles. The van der Waals surface area contributed by atoms with Crippen LogP contribution in [0.5, 0.6) is 0 Å². The molecule has 0 aromatic rings. The van der Waals surface area contributed by atoms with E-state index in [2.05, 4.69) is 50.3 Å². The first-order valence-corrected chi connectivity index (χ1v) is 19.5. The molecular weight excluding hydrogens is 642 g/mol.